The number of nitrogen functional groups attached to an aromatic ring is 1. The molecule has 0 amide bonds. The zero-order valence-electron chi connectivity index (χ0n) is 9.40. The van der Waals surface area contributed by atoms with Crippen LogP contribution in [0.2, 0.25) is 0 Å². The number of hydrogen-bond acceptors (Lipinski definition) is 4. The van der Waals surface area contributed by atoms with Crippen molar-refractivity contribution < 1.29 is 0 Å². The second kappa shape index (κ2) is 4.10. The smallest absolute Gasteiger partial charge is 0.171 e. The molecule has 0 radical (unpaired) electrons. The summed E-state index contributed by atoms with van der Waals surface area (Å²) in [5.41, 5.74) is 6.52. The molecule has 1 aliphatic rings. The fourth-order valence-corrected chi connectivity index (χ4v) is 2.10. The molecule has 3 N–H and O–H groups in total. The van der Waals surface area contributed by atoms with E-state index in [1.807, 2.05) is 13.2 Å². The largest absolute Gasteiger partial charge is 0.394 e. The summed E-state index contributed by atoms with van der Waals surface area (Å²) in [4.78, 5) is 2.38. The molecule has 5 heteroatoms. The van der Waals surface area contributed by atoms with E-state index in [1.165, 1.54) is 19.4 Å². The van der Waals surface area contributed by atoms with Gasteiger partial charge in [-0.25, -0.2) is 0 Å². The van der Waals surface area contributed by atoms with Gasteiger partial charge in [0.05, 0.1) is 5.69 Å². The average molecular weight is 209 g/mol. The van der Waals surface area contributed by atoms with E-state index < -0.39 is 0 Å². The number of anilines is 2. The van der Waals surface area contributed by atoms with Gasteiger partial charge in [-0.2, -0.15) is 5.10 Å². The van der Waals surface area contributed by atoms with E-state index in [4.69, 9.17) is 5.73 Å². The lowest BCUT2D eigenvalue weighted by molar-refractivity contribution is 0.322. The van der Waals surface area contributed by atoms with Crippen molar-refractivity contribution in [1.82, 2.24) is 14.7 Å². The highest BCUT2D eigenvalue weighted by molar-refractivity contribution is 5.59. The summed E-state index contributed by atoms with van der Waals surface area (Å²) in [5.74, 6) is 0.804. The van der Waals surface area contributed by atoms with Crippen molar-refractivity contribution in [2.75, 3.05) is 31.2 Å². The highest BCUT2D eigenvalue weighted by Gasteiger charge is 2.20. The normalized spacial score (nSPS) is 22.1. The lowest BCUT2D eigenvalue weighted by atomic mass is 10.2. The number of nitrogens with two attached hydrogens (primary N) is 1. The van der Waals surface area contributed by atoms with Crippen LogP contribution in [0.3, 0.4) is 0 Å². The molecule has 15 heavy (non-hydrogen) atoms. The fourth-order valence-electron chi connectivity index (χ4n) is 2.10. The monoisotopic (exact) mass is 209 g/mol. The van der Waals surface area contributed by atoms with Gasteiger partial charge in [-0.15, -0.1) is 0 Å². The van der Waals surface area contributed by atoms with Gasteiger partial charge in [0.15, 0.2) is 5.82 Å². The first kappa shape index (κ1) is 10.3. The van der Waals surface area contributed by atoms with Crippen molar-refractivity contribution in [3.63, 3.8) is 0 Å². The lowest BCUT2D eigenvalue weighted by Crippen LogP contribution is -2.31. The molecule has 2 rings (SSSR count). The van der Waals surface area contributed by atoms with Crippen LogP contribution >= 0.6 is 0 Å². The topological polar surface area (TPSA) is 59.1 Å². The average Bonchev–Trinajstić information content (AvgIpc) is 2.70. The molecular formula is C10H19N5. The quantitative estimate of drug-likeness (QED) is 0.761. The Morgan fingerprint density at radius 2 is 2.40 bits per heavy atom. The number of rotatable bonds is 3. The first-order chi connectivity index (χ1) is 7.16. The molecule has 5 nitrogen and oxygen atoms in total. The zero-order valence-corrected chi connectivity index (χ0v) is 9.40. The van der Waals surface area contributed by atoms with Crippen LogP contribution in [0.15, 0.2) is 6.20 Å². The maximum absolute atomic E-state index is 5.80. The van der Waals surface area contributed by atoms with Gasteiger partial charge >= 0.3 is 0 Å². The van der Waals surface area contributed by atoms with Crippen LogP contribution in [0.4, 0.5) is 11.5 Å². The summed E-state index contributed by atoms with van der Waals surface area (Å²) in [6.07, 6.45) is 4.37. The molecule has 1 aliphatic heterocycles. The Morgan fingerprint density at radius 3 is 2.93 bits per heavy atom. The van der Waals surface area contributed by atoms with Crippen molar-refractivity contribution >= 4 is 11.5 Å². The number of nitrogens with zero attached hydrogens (tertiary/aromatic N) is 3. The summed E-state index contributed by atoms with van der Waals surface area (Å²) in [5, 5.41) is 7.57. The molecule has 0 bridgehead atoms. The van der Waals surface area contributed by atoms with Crippen LogP contribution in [0, 0.1) is 0 Å². The molecule has 1 unspecified atom stereocenters. The summed E-state index contributed by atoms with van der Waals surface area (Å²) in [7, 11) is 4.05. The van der Waals surface area contributed by atoms with E-state index in [9.17, 15) is 0 Å². The zero-order chi connectivity index (χ0) is 10.8. The van der Waals surface area contributed by atoms with E-state index >= 15 is 0 Å². The van der Waals surface area contributed by atoms with Gasteiger partial charge in [0, 0.05) is 25.8 Å². The van der Waals surface area contributed by atoms with Gasteiger partial charge in [0.1, 0.15) is 0 Å². The van der Waals surface area contributed by atoms with Gasteiger partial charge < -0.3 is 16.0 Å². The third kappa shape index (κ3) is 2.23. The Labute approximate surface area is 90.2 Å². The molecule has 1 atom stereocenters. The van der Waals surface area contributed by atoms with Gasteiger partial charge in [0.25, 0.3) is 0 Å². The summed E-state index contributed by atoms with van der Waals surface area (Å²) in [6.45, 7) is 2.13. The minimum atomic E-state index is 0.617. The van der Waals surface area contributed by atoms with Crippen LogP contribution in [0.5, 0.6) is 0 Å². The number of aromatic nitrogens is 2. The molecule has 1 aromatic rings. The second-order valence-corrected chi connectivity index (χ2v) is 4.26. The van der Waals surface area contributed by atoms with Gasteiger partial charge in [-0.3, -0.25) is 4.68 Å². The van der Waals surface area contributed by atoms with Crippen LogP contribution in [-0.4, -0.2) is 40.9 Å². The van der Waals surface area contributed by atoms with E-state index in [2.05, 4.69) is 22.4 Å². The van der Waals surface area contributed by atoms with Crippen LogP contribution < -0.4 is 11.1 Å². The Hall–Kier alpha value is -1.23. The fraction of sp³-hybridized carbons (Fsp3) is 0.700. The van der Waals surface area contributed by atoms with Gasteiger partial charge in [-0.05, 0) is 26.4 Å². The van der Waals surface area contributed by atoms with E-state index in [0.29, 0.717) is 6.04 Å². The Kier molecular flexibility index (Phi) is 2.81. The summed E-state index contributed by atoms with van der Waals surface area (Å²) in [6, 6.07) is 0.617. The lowest BCUT2D eigenvalue weighted by Gasteiger charge is -2.19. The number of likely N-dealkylation sites (N-methyl/N-ethyl adjacent to an activating group) is 1. The van der Waals surface area contributed by atoms with E-state index in [-0.39, 0.29) is 0 Å². The van der Waals surface area contributed by atoms with Crippen molar-refractivity contribution in [2.45, 2.75) is 18.9 Å². The van der Waals surface area contributed by atoms with Crippen LogP contribution in [-0.2, 0) is 7.05 Å². The van der Waals surface area contributed by atoms with Crippen LogP contribution in [0.25, 0.3) is 0 Å². The van der Waals surface area contributed by atoms with Gasteiger partial charge in [0.2, 0.25) is 0 Å². The van der Waals surface area contributed by atoms with E-state index in [1.54, 1.807) is 4.68 Å². The molecular weight excluding hydrogens is 190 g/mol. The molecule has 2 heterocycles. The molecule has 0 spiro atoms. The Balaban J connectivity index is 1.90. The third-order valence-electron chi connectivity index (χ3n) is 3.03. The SMILES string of the molecule is CN1CCCC1CNc1nn(C)cc1N. The van der Waals surface area contributed by atoms with E-state index in [0.717, 1.165) is 18.1 Å². The number of likely N-dealkylation sites (tertiary alicyclic amines) is 1. The highest BCUT2D eigenvalue weighted by atomic mass is 15.3. The predicted octanol–water partition coefficient (Wildman–Crippen LogP) is 0.508. The van der Waals surface area contributed by atoms with Gasteiger partial charge in [-0.1, -0.05) is 0 Å². The third-order valence-corrected chi connectivity index (χ3v) is 3.03. The molecule has 1 fully saturated rings. The summed E-state index contributed by atoms with van der Waals surface area (Å²) < 4.78 is 1.73. The first-order valence-electron chi connectivity index (χ1n) is 5.40. The van der Waals surface area contributed by atoms with Crippen molar-refractivity contribution in [3.05, 3.63) is 6.20 Å². The molecule has 0 aliphatic carbocycles. The highest BCUT2D eigenvalue weighted by Crippen LogP contribution is 2.18. The van der Waals surface area contributed by atoms with Crippen molar-refractivity contribution in [2.24, 2.45) is 7.05 Å². The minimum Gasteiger partial charge on any atom is -0.394 e. The summed E-state index contributed by atoms with van der Waals surface area (Å²) >= 11 is 0. The number of hydrogen-bond donors (Lipinski definition) is 2. The number of nitrogens with one attached hydrogen (secondary N) is 1. The van der Waals surface area contributed by atoms with Crippen LogP contribution in [0.1, 0.15) is 12.8 Å². The standard InChI is InChI=1S/C10H19N5/c1-14-5-3-4-8(14)6-12-10-9(11)7-15(2)13-10/h7-8H,3-6,11H2,1-2H3,(H,12,13). The maximum Gasteiger partial charge on any atom is 0.171 e. The van der Waals surface area contributed by atoms with Crippen molar-refractivity contribution in [3.8, 4) is 0 Å². The molecule has 1 aromatic heterocycles. The molecule has 1 saturated heterocycles. The maximum atomic E-state index is 5.80. The Morgan fingerprint density at radius 1 is 1.60 bits per heavy atom. The second-order valence-electron chi connectivity index (χ2n) is 4.26. The minimum absolute atomic E-state index is 0.617. The van der Waals surface area contributed by atoms with Crippen molar-refractivity contribution in [1.29, 1.82) is 0 Å². The first-order valence-corrected chi connectivity index (χ1v) is 5.40. The molecule has 0 saturated carbocycles. The predicted molar refractivity (Wildman–Crippen MR) is 61.8 cm³/mol. The molecule has 0 aromatic carbocycles. The Bertz CT molecular complexity index is 333. The number of aryl methyl sites for hydroxylation is 1. The molecule has 84 valence electrons.